The monoisotopic (exact) mass is 261 g/mol. The predicted octanol–water partition coefficient (Wildman–Crippen LogP) is 1.32. The number of nitrogens with zero attached hydrogens (tertiary/aromatic N) is 4. The van der Waals surface area contributed by atoms with Gasteiger partial charge in [0, 0.05) is 38.3 Å². The minimum absolute atomic E-state index is 0.856. The lowest BCUT2D eigenvalue weighted by Gasteiger charge is -2.13. The zero-order chi connectivity index (χ0) is 13.8. The summed E-state index contributed by atoms with van der Waals surface area (Å²) in [6.45, 7) is 8.20. The molecule has 0 atom stereocenters. The minimum atomic E-state index is 0.856. The van der Waals surface area contributed by atoms with Gasteiger partial charge in [-0.15, -0.1) is 0 Å². The van der Waals surface area contributed by atoms with Crippen molar-refractivity contribution in [2.45, 2.75) is 20.4 Å². The molecular formula is C14H23N5. The Morgan fingerprint density at radius 3 is 2.95 bits per heavy atom. The Kier molecular flexibility index (Phi) is 4.50. The Hall–Kier alpha value is -1.46. The van der Waals surface area contributed by atoms with Crippen LogP contribution in [0.4, 0.5) is 0 Å². The molecule has 0 spiro atoms. The molecule has 2 aromatic rings. The van der Waals surface area contributed by atoms with Gasteiger partial charge in [0.1, 0.15) is 0 Å². The van der Waals surface area contributed by atoms with Gasteiger partial charge >= 0.3 is 0 Å². The lowest BCUT2D eigenvalue weighted by molar-refractivity contribution is 0.349. The summed E-state index contributed by atoms with van der Waals surface area (Å²) in [5, 5.41) is 8.98. The standard InChI is InChI=1S/C14H23N5/c1-5-18(3)7-6-15-9-12-8-13-11(2)17-19(4)14(13)16-10-12/h8,10,15H,5-7,9H2,1-4H3. The van der Waals surface area contributed by atoms with Crippen LogP contribution in [0.1, 0.15) is 18.2 Å². The third-order valence-electron chi connectivity index (χ3n) is 3.46. The molecule has 2 rings (SSSR count). The first-order valence-corrected chi connectivity index (χ1v) is 6.79. The highest BCUT2D eigenvalue weighted by molar-refractivity contribution is 5.78. The molecule has 0 aromatic carbocycles. The summed E-state index contributed by atoms with van der Waals surface area (Å²) in [6.07, 6.45) is 1.93. The molecule has 0 bridgehead atoms. The van der Waals surface area contributed by atoms with Crippen molar-refractivity contribution >= 4 is 11.0 Å². The van der Waals surface area contributed by atoms with Crippen molar-refractivity contribution in [2.75, 3.05) is 26.7 Å². The van der Waals surface area contributed by atoms with Gasteiger partial charge < -0.3 is 10.2 Å². The largest absolute Gasteiger partial charge is 0.311 e. The summed E-state index contributed by atoms with van der Waals surface area (Å²) in [6, 6.07) is 2.18. The topological polar surface area (TPSA) is 46.0 Å². The van der Waals surface area contributed by atoms with E-state index < -0.39 is 0 Å². The Balaban J connectivity index is 1.96. The molecule has 0 aliphatic heterocycles. The van der Waals surface area contributed by atoms with E-state index in [4.69, 9.17) is 0 Å². The number of pyridine rings is 1. The van der Waals surface area contributed by atoms with Crippen molar-refractivity contribution in [3.8, 4) is 0 Å². The van der Waals surface area contributed by atoms with Gasteiger partial charge in [-0.05, 0) is 32.1 Å². The molecule has 0 radical (unpaired) electrons. The highest BCUT2D eigenvalue weighted by Crippen LogP contribution is 2.16. The quantitative estimate of drug-likeness (QED) is 0.797. The molecule has 0 unspecified atom stereocenters. The number of aromatic nitrogens is 3. The van der Waals surface area contributed by atoms with Crippen LogP contribution < -0.4 is 5.32 Å². The molecule has 104 valence electrons. The Bertz CT molecular complexity index is 546. The third-order valence-corrected chi connectivity index (χ3v) is 3.46. The lowest BCUT2D eigenvalue weighted by Crippen LogP contribution is -2.28. The van der Waals surface area contributed by atoms with E-state index in [1.54, 1.807) is 0 Å². The van der Waals surface area contributed by atoms with Gasteiger partial charge in [-0.25, -0.2) is 4.98 Å². The van der Waals surface area contributed by atoms with Crippen molar-refractivity contribution in [3.05, 3.63) is 23.5 Å². The van der Waals surface area contributed by atoms with E-state index >= 15 is 0 Å². The van der Waals surface area contributed by atoms with Crippen molar-refractivity contribution in [1.82, 2.24) is 25.0 Å². The number of rotatable bonds is 6. The molecule has 0 aliphatic carbocycles. The maximum Gasteiger partial charge on any atom is 0.157 e. The molecule has 0 aliphatic rings. The molecule has 5 heteroatoms. The highest BCUT2D eigenvalue weighted by atomic mass is 15.3. The maximum atomic E-state index is 4.48. The molecule has 1 N–H and O–H groups in total. The van der Waals surface area contributed by atoms with Crippen LogP contribution in [0.5, 0.6) is 0 Å². The maximum absolute atomic E-state index is 4.48. The second kappa shape index (κ2) is 6.12. The lowest BCUT2D eigenvalue weighted by atomic mass is 10.2. The summed E-state index contributed by atoms with van der Waals surface area (Å²) >= 11 is 0. The number of hydrogen-bond acceptors (Lipinski definition) is 4. The molecule has 5 nitrogen and oxygen atoms in total. The van der Waals surface area contributed by atoms with E-state index in [1.165, 1.54) is 5.56 Å². The van der Waals surface area contributed by atoms with Crippen LogP contribution in [0.15, 0.2) is 12.3 Å². The SMILES string of the molecule is CCN(C)CCNCc1cnc2c(c1)c(C)nn2C. The van der Waals surface area contributed by atoms with E-state index in [-0.39, 0.29) is 0 Å². The van der Waals surface area contributed by atoms with Crippen LogP contribution in [0, 0.1) is 6.92 Å². The summed E-state index contributed by atoms with van der Waals surface area (Å²) < 4.78 is 1.83. The molecule has 0 amide bonds. The molecule has 0 fully saturated rings. The van der Waals surface area contributed by atoms with Crippen LogP contribution in [0.25, 0.3) is 11.0 Å². The number of likely N-dealkylation sites (N-methyl/N-ethyl adjacent to an activating group) is 1. The first-order chi connectivity index (χ1) is 9.11. The van der Waals surface area contributed by atoms with E-state index in [0.717, 1.165) is 42.9 Å². The molecule has 0 saturated carbocycles. The van der Waals surface area contributed by atoms with Crippen molar-refractivity contribution < 1.29 is 0 Å². The fourth-order valence-electron chi connectivity index (χ4n) is 2.11. The average Bonchev–Trinajstić information content (AvgIpc) is 2.69. The van der Waals surface area contributed by atoms with Crippen molar-refractivity contribution in [3.63, 3.8) is 0 Å². The van der Waals surface area contributed by atoms with Crippen LogP contribution in [-0.4, -0.2) is 46.3 Å². The predicted molar refractivity (Wildman–Crippen MR) is 78.1 cm³/mol. The normalized spacial score (nSPS) is 11.6. The van der Waals surface area contributed by atoms with Gasteiger partial charge in [0.2, 0.25) is 0 Å². The number of fused-ring (bicyclic) bond motifs is 1. The average molecular weight is 261 g/mol. The number of hydrogen-bond donors (Lipinski definition) is 1. The Morgan fingerprint density at radius 1 is 1.42 bits per heavy atom. The zero-order valence-electron chi connectivity index (χ0n) is 12.3. The summed E-state index contributed by atoms with van der Waals surface area (Å²) in [5.41, 5.74) is 3.20. The van der Waals surface area contributed by atoms with Gasteiger partial charge in [-0.1, -0.05) is 6.92 Å². The second-order valence-corrected chi connectivity index (χ2v) is 5.00. The van der Waals surface area contributed by atoms with Gasteiger partial charge in [0.25, 0.3) is 0 Å². The van der Waals surface area contributed by atoms with Gasteiger partial charge in [0.15, 0.2) is 5.65 Å². The third kappa shape index (κ3) is 3.30. The van der Waals surface area contributed by atoms with Crippen LogP contribution >= 0.6 is 0 Å². The van der Waals surface area contributed by atoms with E-state index in [0.29, 0.717) is 0 Å². The van der Waals surface area contributed by atoms with Crippen LogP contribution in [0.3, 0.4) is 0 Å². The minimum Gasteiger partial charge on any atom is -0.311 e. The summed E-state index contributed by atoms with van der Waals surface area (Å²) in [7, 11) is 4.06. The van der Waals surface area contributed by atoms with Gasteiger partial charge in [-0.3, -0.25) is 4.68 Å². The van der Waals surface area contributed by atoms with Gasteiger partial charge in [-0.2, -0.15) is 5.10 Å². The molecule has 19 heavy (non-hydrogen) atoms. The van der Waals surface area contributed by atoms with Crippen LogP contribution in [0.2, 0.25) is 0 Å². The fraction of sp³-hybridized carbons (Fsp3) is 0.571. The Labute approximate surface area is 114 Å². The smallest absolute Gasteiger partial charge is 0.157 e. The highest BCUT2D eigenvalue weighted by Gasteiger charge is 2.06. The molecule has 2 heterocycles. The van der Waals surface area contributed by atoms with Crippen molar-refractivity contribution in [2.24, 2.45) is 7.05 Å². The molecule has 2 aromatic heterocycles. The first-order valence-electron chi connectivity index (χ1n) is 6.79. The van der Waals surface area contributed by atoms with Crippen molar-refractivity contribution in [1.29, 1.82) is 0 Å². The van der Waals surface area contributed by atoms with Crippen LogP contribution in [-0.2, 0) is 13.6 Å². The van der Waals surface area contributed by atoms with E-state index in [9.17, 15) is 0 Å². The molecule has 0 saturated heterocycles. The number of nitrogens with one attached hydrogen (secondary N) is 1. The summed E-state index contributed by atoms with van der Waals surface area (Å²) in [4.78, 5) is 6.77. The second-order valence-electron chi connectivity index (χ2n) is 5.00. The fourth-order valence-corrected chi connectivity index (χ4v) is 2.11. The Morgan fingerprint density at radius 2 is 2.21 bits per heavy atom. The van der Waals surface area contributed by atoms with E-state index in [2.05, 4.69) is 40.3 Å². The summed E-state index contributed by atoms with van der Waals surface area (Å²) in [5.74, 6) is 0. The molecular weight excluding hydrogens is 238 g/mol. The zero-order valence-corrected chi connectivity index (χ0v) is 12.3. The van der Waals surface area contributed by atoms with Gasteiger partial charge in [0.05, 0.1) is 5.69 Å². The van der Waals surface area contributed by atoms with E-state index in [1.807, 2.05) is 24.9 Å². The first kappa shape index (κ1) is 14.0. The number of aryl methyl sites for hydroxylation is 2.